The van der Waals surface area contributed by atoms with Gasteiger partial charge in [-0.15, -0.1) is 0 Å². The molecule has 0 unspecified atom stereocenters. The number of H-pyrrole nitrogens is 1. The van der Waals surface area contributed by atoms with Crippen LogP contribution in [0, 0.1) is 0 Å². The van der Waals surface area contributed by atoms with Crippen LogP contribution in [-0.2, 0) is 0 Å². The van der Waals surface area contributed by atoms with E-state index in [-0.39, 0.29) is 17.7 Å². The second kappa shape index (κ2) is 8.58. The molecule has 0 saturated carbocycles. The number of anilines is 2. The van der Waals surface area contributed by atoms with Gasteiger partial charge in [0.25, 0.3) is 5.91 Å². The molecule has 3 N–H and O–H groups in total. The van der Waals surface area contributed by atoms with Gasteiger partial charge in [0.15, 0.2) is 11.6 Å². The van der Waals surface area contributed by atoms with E-state index in [2.05, 4.69) is 30.8 Å². The normalized spacial score (nSPS) is 11.1. The van der Waals surface area contributed by atoms with Crippen LogP contribution >= 0.6 is 0 Å². The second-order valence-electron chi connectivity index (χ2n) is 7.95. The van der Waals surface area contributed by atoms with Crippen molar-refractivity contribution in [3.8, 4) is 22.5 Å². The Morgan fingerprint density at radius 2 is 1.82 bits per heavy atom. The first-order valence-electron chi connectivity index (χ1n) is 10.6. The van der Waals surface area contributed by atoms with Crippen molar-refractivity contribution in [1.29, 1.82) is 0 Å². The van der Waals surface area contributed by atoms with Crippen molar-refractivity contribution < 1.29 is 9.21 Å². The Bertz CT molecular complexity index is 1400. The van der Waals surface area contributed by atoms with Crippen LogP contribution in [0.2, 0.25) is 0 Å². The molecular formula is C25H22N6O2. The van der Waals surface area contributed by atoms with Crippen LogP contribution in [0.15, 0.2) is 77.6 Å². The molecule has 5 aromatic rings. The van der Waals surface area contributed by atoms with Crippen molar-refractivity contribution in [3.63, 3.8) is 0 Å². The zero-order chi connectivity index (χ0) is 22.8. The monoisotopic (exact) mass is 438 g/mol. The third-order valence-electron chi connectivity index (χ3n) is 5.07. The predicted molar refractivity (Wildman–Crippen MR) is 127 cm³/mol. The number of aromatic nitrogens is 4. The van der Waals surface area contributed by atoms with Crippen LogP contribution < -0.4 is 10.6 Å². The summed E-state index contributed by atoms with van der Waals surface area (Å²) in [6.45, 7) is 3.82. The molecule has 0 fully saturated rings. The van der Waals surface area contributed by atoms with E-state index in [1.54, 1.807) is 18.5 Å². The molecule has 8 nitrogen and oxygen atoms in total. The Morgan fingerprint density at radius 1 is 1.00 bits per heavy atom. The number of carbonyl (C=O) groups excluding carboxylic acids is 1. The largest absolute Gasteiger partial charge is 0.451 e. The average Bonchev–Trinajstić information content (AvgIpc) is 3.49. The first kappa shape index (κ1) is 20.4. The maximum Gasteiger partial charge on any atom is 0.287 e. The van der Waals surface area contributed by atoms with Gasteiger partial charge in [-0.25, -0.2) is 9.97 Å². The van der Waals surface area contributed by atoms with E-state index in [1.165, 1.54) is 0 Å². The van der Waals surface area contributed by atoms with E-state index in [9.17, 15) is 4.79 Å². The number of nitrogens with one attached hydrogen (secondary N) is 3. The first-order chi connectivity index (χ1) is 16.0. The number of rotatable bonds is 6. The van der Waals surface area contributed by atoms with Crippen LogP contribution in [-0.4, -0.2) is 32.1 Å². The summed E-state index contributed by atoms with van der Waals surface area (Å²) in [5.41, 5.74) is 4.42. The Kier molecular flexibility index (Phi) is 5.32. The van der Waals surface area contributed by atoms with E-state index in [0.29, 0.717) is 17.2 Å². The van der Waals surface area contributed by atoms with E-state index in [1.807, 2.05) is 68.6 Å². The fourth-order valence-corrected chi connectivity index (χ4v) is 3.49. The summed E-state index contributed by atoms with van der Waals surface area (Å²) in [5.74, 6) is 1.28. The fraction of sp³-hybridized carbons (Fsp3) is 0.120. The first-order valence-corrected chi connectivity index (χ1v) is 10.6. The molecule has 0 aliphatic heterocycles. The van der Waals surface area contributed by atoms with Crippen molar-refractivity contribution >= 4 is 28.4 Å². The minimum absolute atomic E-state index is 0.0340. The van der Waals surface area contributed by atoms with Crippen molar-refractivity contribution in [2.45, 2.75) is 19.9 Å². The van der Waals surface area contributed by atoms with E-state index < -0.39 is 0 Å². The molecule has 1 amide bonds. The van der Waals surface area contributed by atoms with Crippen molar-refractivity contribution in [3.05, 3.63) is 78.9 Å². The third-order valence-corrected chi connectivity index (χ3v) is 5.07. The number of nitrogens with zero attached hydrogens (tertiary/aromatic N) is 3. The van der Waals surface area contributed by atoms with Crippen LogP contribution in [0.25, 0.3) is 33.5 Å². The van der Waals surface area contributed by atoms with Gasteiger partial charge < -0.3 is 15.1 Å². The summed E-state index contributed by atoms with van der Waals surface area (Å²) < 4.78 is 5.77. The Morgan fingerprint density at radius 3 is 2.58 bits per heavy atom. The summed E-state index contributed by atoms with van der Waals surface area (Å²) in [6.07, 6.45) is 5.35. The molecular weight excluding hydrogens is 416 g/mol. The zero-order valence-corrected chi connectivity index (χ0v) is 18.2. The number of hydrogen-bond donors (Lipinski definition) is 3. The van der Waals surface area contributed by atoms with Crippen molar-refractivity contribution in [1.82, 2.24) is 25.5 Å². The Labute approximate surface area is 190 Å². The Balaban J connectivity index is 1.36. The highest BCUT2D eigenvalue weighted by Crippen LogP contribution is 2.27. The number of furan rings is 1. The van der Waals surface area contributed by atoms with E-state index >= 15 is 0 Å². The molecule has 0 aliphatic carbocycles. The van der Waals surface area contributed by atoms with Crippen LogP contribution in [0.1, 0.15) is 24.4 Å². The molecule has 0 spiro atoms. The minimum Gasteiger partial charge on any atom is -0.451 e. The maximum atomic E-state index is 12.2. The van der Waals surface area contributed by atoms with E-state index in [0.717, 1.165) is 27.8 Å². The molecule has 2 aromatic carbocycles. The van der Waals surface area contributed by atoms with Gasteiger partial charge in [0, 0.05) is 40.6 Å². The SMILES string of the molecule is CC(C)NC(=O)c1cc2ccc(-c3nccc(Nc4ccc(-c5cn[nH]c5)cc4)n3)cc2o1. The molecule has 0 atom stereocenters. The van der Waals surface area contributed by atoms with Gasteiger partial charge >= 0.3 is 0 Å². The lowest BCUT2D eigenvalue weighted by molar-refractivity contribution is 0.0917. The predicted octanol–water partition coefficient (Wildman–Crippen LogP) is 5.16. The standard InChI is InChI=1S/C25H22N6O2/c1-15(2)29-25(32)22-11-17-3-4-18(12-21(17)33-22)24-26-10-9-23(31-24)30-20-7-5-16(6-8-20)19-13-27-28-14-19/h3-15H,1-2H3,(H,27,28)(H,29,32)(H,26,30,31). The minimum atomic E-state index is -0.232. The van der Waals surface area contributed by atoms with Gasteiger partial charge in [0.2, 0.25) is 0 Å². The maximum absolute atomic E-state index is 12.2. The molecule has 0 radical (unpaired) electrons. The molecule has 0 saturated heterocycles. The second-order valence-corrected chi connectivity index (χ2v) is 7.95. The van der Waals surface area contributed by atoms with Crippen LogP contribution in [0.4, 0.5) is 11.5 Å². The highest BCUT2D eigenvalue weighted by Gasteiger charge is 2.14. The summed E-state index contributed by atoms with van der Waals surface area (Å²) in [6, 6.07) is 17.3. The van der Waals surface area contributed by atoms with Gasteiger partial charge in [0.05, 0.1) is 6.20 Å². The molecule has 5 rings (SSSR count). The lowest BCUT2D eigenvalue weighted by Gasteiger charge is -2.08. The highest BCUT2D eigenvalue weighted by atomic mass is 16.3. The quantitative estimate of drug-likeness (QED) is 0.338. The van der Waals surface area contributed by atoms with Crippen molar-refractivity contribution in [2.75, 3.05) is 5.32 Å². The summed E-state index contributed by atoms with van der Waals surface area (Å²) in [4.78, 5) is 21.3. The van der Waals surface area contributed by atoms with Gasteiger partial charge in [-0.05, 0) is 49.7 Å². The van der Waals surface area contributed by atoms with Gasteiger partial charge in [-0.1, -0.05) is 24.3 Å². The van der Waals surface area contributed by atoms with E-state index in [4.69, 9.17) is 4.42 Å². The average molecular weight is 438 g/mol. The molecule has 3 aromatic heterocycles. The molecule has 0 bridgehead atoms. The summed E-state index contributed by atoms with van der Waals surface area (Å²) in [7, 11) is 0. The van der Waals surface area contributed by atoms with Gasteiger partial charge in [-0.3, -0.25) is 9.89 Å². The highest BCUT2D eigenvalue weighted by molar-refractivity contribution is 5.96. The number of aromatic amines is 1. The number of carbonyl (C=O) groups is 1. The number of amides is 1. The van der Waals surface area contributed by atoms with Crippen molar-refractivity contribution in [2.24, 2.45) is 0 Å². The smallest absolute Gasteiger partial charge is 0.287 e. The molecule has 8 heteroatoms. The number of fused-ring (bicyclic) bond motifs is 1. The molecule has 3 heterocycles. The number of hydrogen-bond acceptors (Lipinski definition) is 6. The summed E-state index contributed by atoms with van der Waals surface area (Å²) >= 11 is 0. The lowest BCUT2D eigenvalue weighted by Crippen LogP contribution is -2.29. The van der Waals surface area contributed by atoms with Crippen LogP contribution in [0.3, 0.4) is 0 Å². The zero-order valence-electron chi connectivity index (χ0n) is 18.2. The Hall–Kier alpha value is -4.46. The molecule has 0 aliphatic rings. The fourth-order valence-electron chi connectivity index (χ4n) is 3.49. The van der Waals surface area contributed by atoms with Crippen LogP contribution in [0.5, 0.6) is 0 Å². The topological polar surface area (TPSA) is 109 Å². The molecule has 33 heavy (non-hydrogen) atoms. The molecule has 164 valence electrons. The summed E-state index contributed by atoms with van der Waals surface area (Å²) in [5, 5.41) is 13.8. The number of benzene rings is 2. The third kappa shape index (κ3) is 4.45. The van der Waals surface area contributed by atoms with Gasteiger partial charge in [0.1, 0.15) is 11.4 Å². The lowest BCUT2D eigenvalue weighted by atomic mass is 10.1. The van der Waals surface area contributed by atoms with Gasteiger partial charge in [-0.2, -0.15) is 5.10 Å².